The van der Waals surface area contributed by atoms with Crippen molar-refractivity contribution in [2.45, 2.75) is 83.5 Å². The number of ether oxygens (including phenoxy) is 1. The van der Waals surface area contributed by atoms with Crippen LogP contribution in [0.25, 0.3) is 0 Å². The number of benzene rings is 2. The van der Waals surface area contributed by atoms with Gasteiger partial charge in [0.2, 0.25) is 15.9 Å². The number of sulfonamides is 1. The Morgan fingerprint density at radius 3 is 2.27 bits per heavy atom. The summed E-state index contributed by atoms with van der Waals surface area (Å²) in [5.74, 6) is 0.186. The zero-order valence-electron chi connectivity index (χ0n) is 29.6. The molecule has 0 saturated carbocycles. The van der Waals surface area contributed by atoms with E-state index >= 15 is 0 Å². The van der Waals surface area contributed by atoms with Gasteiger partial charge in [0.25, 0.3) is 0 Å². The molecule has 0 aliphatic carbocycles. The Morgan fingerprint density at radius 1 is 1.02 bits per heavy atom. The monoisotopic (exact) mass is 713 g/mol. The highest BCUT2D eigenvalue weighted by molar-refractivity contribution is 7.89. The highest BCUT2D eigenvalue weighted by atomic mass is 32.2. The number of methoxy groups -OCH3 is 1. The van der Waals surface area contributed by atoms with Gasteiger partial charge >= 0.3 is 6.03 Å². The normalized spacial score (nSPS) is 15.8. The molecule has 3 atom stereocenters. The molecule has 0 radical (unpaired) electrons. The maximum atomic E-state index is 14.1. The van der Waals surface area contributed by atoms with Crippen LogP contribution in [-0.2, 0) is 27.8 Å². The van der Waals surface area contributed by atoms with E-state index in [0.29, 0.717) is 31.3 Å². The van der Waals surface area contributed by atoms with Gasteiger partial charge in [0.1, 0.15) is 11.8 Å². The second kappa shape index (κ2) is 16.9. The highest BCUT2D eigenvalue weighted by Crippen LogP contribution is 2.25. The lowest BCUT2D eigenvalue weighted by Gasteiger charge is -2.34. The van der Waals surface area contributed by atoms with Crippen LogP contribution in [-0.4, -0.2) is 96.0 Å². The number of nitrogens with one attached hydrogen (secondary N) is 1. The summed E-state index contributed by atoms with van der Waals surface area (Å²) in [6.07, 6.45) is -0.993. The van der Waals surface area contributed by atoms with Crippen LogP contribution in [0.5, 0.6) is 5.75 Å². The fourth-order valence-electron chi connectivity index (χ4n) is 6.00. The van der Waals surface area contributed by atoms with Gasteiger partial charge in [0, 0.05) is 37.5 Å². The third-order valence-electron chi connectivity index (χ3n) is 8.53. The zero-order chi connectivity index (χ0) is 35.9. The molecular formula is C36H51N5O6S2. The Hall–Kier alpha value is -3.52. The van der Waals surface area contributed by atoms with E-state index in [0.717, 1.165) is 16.3 Å². The van der Waals surface area contributed by atoms with Crippen LogP contribution in [0, 0.1) is 11.8 Å². The minimum atomic E-state index is -3.99. The largest absolute Gasteiger partial charge is 0.497 e. The molecule has 268 valence electrons. The van der Waals surface area contributed by atoms with Gasteiger partial charge in [-0.3, -0.25) is 4.79 Å². The number of amides is 3. The van der Waals surface area contributed by atoms with Crippen molar-refractivity contribution in [2.24, 2.45) is 11.8 Å². The van der Waals surface area contributed by atoms with E-state index in [1.54, 1.807) is 33.3 Å². The molecule has 4 rings (SSSR count). The summed E-state index contributed by atoms with van der Waals surface area (Å²) in [5, 5.41) is 17.8. The van der Waals surface area contributed by atoms with Crippen molar-refractivity contribution in [2.75, 3.05) is 33.3 Å². The number of nitrogens with zero attached hydrogens (tertiary/aromatic N) is 4. The molecule has 1 saturated heterocycles. The third-order valence-corrected chi connectivity index (χ3v) is 11.6. The maximum absolute atomic E-state index is 14.1. The van der Waals surface area contributed by atoms with Crippen LogP contribution < -0.4 is 10.1 Å². The molecule has 2 N–H and O–H groups in total. The smallest absolute Gasteiger partial charge is 0.321 e. The lowest BCUT2D eigenvalue weighted by Crippen LogP contribution is -2.57. The first kappa shape index (κ1) is 38.3. The maximum Gasteiger partial charge on any atom is 0.321 e. The average Bonchev–Trinajstić information content (AvgIpc) is 3.67. The minimum Gasteiger partial charge on any atom is -0.497 e. The van der Waals surface area contributed by atoms with Gasteiger partial charge in [0.15, 0.2) is 0 Å². The molecule has 0 bridgehead atoms. The zero-order valence-corrected chi connectivity index (χ0v) is 31.2. The molecule has 0 spiro atoms. The number of aliphatic hydroxyl groups excluding tert-OH is 1. The minimum absolute atomic E-state index is 0.0296. The molecule has 1 aromatic heterocycles. The van der Waals surface area contributed by atoms with Crippen LogP contribution in [0.3, 0.4) is 0 Å². The standard InChI is InChI=1S/C36H51N5O6S2/c1-24(2)20-40(49(45,46)30-15-13-29(47-7)14-16-30)22-32(42)31(19-27-11-9-8-10-12-27)38-34(43)33(25(3)4)41-18-17-39(36(41)44)21-28-23-48-35(37-28)26(5)6/h8-16,23-26,31-33,42H,17-22H2,1-7H3,(H,38,43)/t31-,32+,33-/m0/s1. The molecule has 1 fully saturated rings. The molecule has 3 aromatic rings. The van der Waals surface area contributed by atoms with Crippen LogP contribution >= 0.6 is 11.3 Å². The first-order valence-electron chi connectivity index (χ1n) is 16.9. The van der Waals surface area contributed by atoms with Crippen molar-refractivity contribution < 1.29 is 27.9 Å². The highest BCUT2D eigenvalue weighted by Gasteiger charge is 2.40. The quantitative estimate of drug-likeness (QED) is 0.202. The fourth-order valence-corrected chi connectivity index (χ4v) is 8.44. The number of rotatable bonds is 17. The van der Waals surface area contributed by atoms with E-state index in [9.17, 15) is 23.1 Å². The molecule has 2 aromatic carbocycles. The van der Waals surface area contributed by atoms with E-state index in [2.05, 4.69) is 24.1 Å². The van der Waals surface area contributed by atoms with Crippen molar-refractivity contribution in [1.29, 1.82) is 0 Å². The lowest BCUT2D eigenvalue weighted by molar-refractivity contribution is -0.128. The summed E-state index contributed by atoms with van der Waals surface area (Å²) >= 11 is 1.58. The van der Waals surface area contributed by atoms with Crippen LogP contribution in [0.4, 0.5) is 4.79 Å². The first-order chi connectivity index (χ1) is 23.2. The molecule has 13 heteroatoms. The number of urea groups is 1. The predicted octanol–water partition coefficient (Wildman–Crippen LogP) is 4.97. The Kier molecular flexibility index (Phi) is 13.2. The van der Waals surface area contributed by atoms with Crippen LogP contribution in [0.1, 0.15) is 63.7 Å². The van der Waals surface area contributed by atoms with E-state index < -0.39 is 34.1 Å². The van der Waals surface area contributed by atoms with E-state index in [-0.39, 0.29) is 42.3 Å². The predicted molar refractivity (Wildman–Crippen MR) is 192 cm³/mol. The average molecular weight is 714 g/mol. The molecule has 1 aliphatic rings. The lowest BCUT2D eigenvalue weighted by atomic mass is 9.97. The van der Waals surface area contributed by atoms with Crippen molar-refractivity contribution >= 4 is 33.3 Å². The van der Waals surface area contributed by atoms with Gasteiger partial charge in [-0.25, -0.2) is 18.2 Å². The van der Waals surface area contributed by atoms with Gasteiger partial charge < -0.3 is 25.0 Å². The van der Waals surface area contributed by atoms with Gasteiger partial charge in [-0.15, -0.1) is 11.3 Å². The number of hydrogen-bond donors (Lipinski definition) is 2. The summed E-state index contributed by atoms with van der Waals surface area (Å²) in [4.78, 5) is 35.9. The number of carbonyl (C=O) groups excluding carboxylic acids is 2. The van der Waals surface area contributed by atoms with E-state index in [4.69, 9.17) is 4.74 Å². The molecule has 3 amide bonds. The third kappa shape index (κ3) is 9.80. The van der Waals surface area contributed by atoms with Crippen LogP contribution in [0.2, 0.25) is 0 Å². The second-order valence-corrected chi connectivity index (χ2v) is 16.5. The summed E-state index contributed by atoms with van der Waals surface area (Å²) in [5.41, 5.74) is 1.70. The second-order valence-electron chi connectivity index (χ2n) is 13.7. The van der Waals surface area contributed by atoms with E-state index in [1.165, 1.54) is 23.5 Å². The number of aliphatic hydroxyl groups is 1. The van der Waals surface area contributed by atoms with Crippen molar-refractivity contribution in [3.8, 4) is 5.75 Å². The number of thiazole rings is 1. The summed E-state index contributed by atoms with van der Waals surface area (Å²) in [7, 11) is -2.48. The van der Waals surface area contributed by atoms with Crippen LogP contribution in [0.15, 0.2) is 64.9 Å². The van der Waals surface area contributed by atoms with Crippen molar-refractivity contribution in [3.05, 3.63) is 76.2 Å². The summed E-state index contributed by atoms with van der Waals surface area (Å²) in [6.45, 7) is 12.9. The van der Waals surface area contributed by atoms with Gasteiger partial charge in [-0.05, 0) is 48.1 Å². The molecule has 1 aliphatic heterocycles. The molecule has 11 nitrogen and oxygen atoms in total. The fraction of sp³-hybridized carbons (Fsp3) is 0.528. The topological polar surface area (TPSA) is 132 Å². The van der Waals surface area contributed by atoms with Gasteiger partial charge in [-0.1, -0.05) is 71.9 Å². The van der Waals surface area contributed by atoms with Gasteiger partial charge in [0.05, 0.1) is 41.4 Å². The SMILES string of the molecule is COc1ccc(S(=O)(=O)N(CC(C)C)C[C@@H](O)[C@H](Cc2ccccc2)NC(=O)[C@H](C(C)C)N2CCN(Cc3csc(C(C)C)n3)C2=O)cc1. The Morgan fingerprint density at radius 2 is 1.69 bits per heavy atom. The molecule has 49 heavy (non-hydrogen) atoms. The van der Waals surface area contributed by atoms with Crippen molar-refractivity contribution in [1.82, 2.24) is 24.4 Å². The first-order valence-corrected chi connectivity index (χ1v) is 19.2. The number of aromatic nitrogens is 1. The van der Waals surface area contributed by atoms with Gasteiger partial charge in [-0.2, -0.15) is 4.31 Å². The summed E-state index contributed by atoms with van der Waals surface area (Å²) in [6, 6.07) is 13.7. The Balaban J connectivity index is 1.55. The van der Waals surface area contributed by atoms with Crippen molar-refractivity contribution in [3.63, 3.8) is 0 Å². The molecule has 0 unspecified atom stereocenters. The molecule has 2 heterocycles. The number of carbonyl (C=O) groups is 2. The summed E-state index contributed by atoms with van der Waals surface area (Å²) < 4.78 is 34.2. The Bertz CT molecular complexity index is 1630. The number of hydrogen-bond acceptors (Lipinski definition) is 8. The molecular weight excluding hydrogens is 663 g/mol. The van der Waals surface area contributed by atoms with E-state index in [1.807, 2.05) is 63.4 Å². The Labute approximate surface area is 295 Å².